The third-order valence-electron chi connectivity index (χ3n) is 4.16. The Kier molecular flexibility index (Phi) is 10.8. The predicted octanol–water partition coefficient (Wildman–Crippen LogP) is 4.11. The summed E-state index contributed by atoms with van der Waals surface area (Å²) in [6, 6.07) is 13.1. The Balaban J connectivity index is 0.00000312. The van der Waals surface area contributed by atoms with Crippen molar-refractivity contribution < 1.29 is 0 Å². The first-order chi connectivity index (χ1) is 11.8. The zero-order valence-corrected chi connectivity index (χ0v) is 18.4. The SMILES string of the molecule is CCN(CC)C(CNC(=NC)NCc1ccsc1)c1ccccc1.I. The van der Waals surface area contributed by atoms with Gasteiger partial charge in [0.2, 0.25) is 0 Å². The van der Waals surface area contributed by atoms with E-state index in [4.69, 9.17) is 0 Å². The number of thiophene rings is 1. The average Bonchev–Trinajstić information content (AvgIpc) is 3.15. The number of likely N-dealkylation sites (N-methyl/N-ethyl adjacent to an activating group) is 1. The Morgan fingerprint density at radius 2 is 1.84 bits per heavy atom. The number of halogens is 1. The van der Waals surface area contributed by atoms with E-state index in [-0.39, 0.29) is 24.0 Å². The van der Waals surface area contributed by atoms with Crippen molar-refractivity contribution in [3.63, 3.8) is 0 Å². The van der Waals surface area contributed by atoms with Gasteiger partial charge in [0.25, 0.3) is 0 Å². The number of hydrogen-bond acceptors (Lipinski definition) is 3. The smallest absolute Gasteiger partial charge is 0.191 e. The maximum Gasteiger partial charge on any atom is 0.191 e. The van der Waals surface area contributed by atoms with Crippen molar-refractivity contribution in [3.05, 3.63) is 58.3 Å². The van der Waals surface area contributed by atoms with Gasteiger partial charge >= 0.3 is 0 Å². The van der Waals surface area contributed by atoms with Gasteiger partial charge in [-0.1, -0.05) is 44.2 Å². The first-order valence-electron chi connectivity index (χ1n) is 8.53. The third-order valence-corrected chi connectivity index (χ3v) is 4.90. The van der Waals surface area contributed by atoms with E-state index < -0.39 is 0 Å². The van der Waals surface area contributed by atoms with Crippen LogP contribution < -0.4 is 10.6 Å². The number of nitrogens with one attached hydrogen (secondary N) is 2. The minimum atomic E-state index is 0. The quantitative estimate of drug-likeness (QED) is 0.345. The van der Waals surface area contributed by atoms with Crippen molar-refractivity contribution >= 4 is 41.3 Å². The van der Waals surface area contributed by atoms with E-state index >= 15 is 0 Å². The third kappa shape index (κ3) is 6.95. The largest absolute Gasteiger partial charge is 0.354 e. The van der Waals surface area contributed by atoms with E-state index in [2.05, 4.69) is 81.5 Å². The Morgan fingerprint density at radius 3 is 2.40 bits per heavy atom. The maximum atomic E-state index is 4.34. The lowest BCUT2D eigenvalue weighted by Gasteiger charge is -2.30. The topological polar surface area (TPSA) is 39.7 Å². The molecule has 1 unspecified atom stereocenters. The summed E-state index contributed by atoms with van der Waals surface area (Å²) in [5, 5.41) is 11.1. The molecule has 2 N–H and O–H groups in total. The van der Waals surface area contributed by atoms with Crippen LogP contribution in [0.25, 0.3) is 0 Å². The molecule has 1 aromatic carbocycles. The molecule has 6 heteroatoms. The summed E-state index contributed by atoms with van der Waals surface area (Å²) >= 11 is 1.72. The van der Waals surface area contributed by atoms with Gasteiger partial charge in [-0.15, -0.1) is 24.0 Å². The first kappa shape index (κ1) is 21.9. The minimum absolute atomic E-state index is 0. The highest BCUT2D eigenvalue weighted by Crippen LogP contribution is 2.19. The molecule has 138 valence electrons. The fourth-order valence-corrected chi connectivity index (χ4v) is 3.46. The van der Waals surface area contributed by atoms with Crippen LogP contribution >= 0.6 is 35.3 Å². The van der Waals surface area contributed by atoms with Crippen molar-refractivity contribution in [2.24, 2.45) is 4.99 Å². The summed E-state index contributed by atoms with van der Waals surface area (Å²) in [5.74, 6) is 0.842. The van der Waals surface area contributed by atoms with Gasteiger partial charge < -0.3 is 10.6 Å². The summed E-state index contributed by atoms with van der Waals surface area (Å²) in [5.41, 5.74) is 2.62. The van der Waals surface area contributed by atoms with E-state index in [0.29, 0.717) is 6.04 Å². The Bertz CT molecular complexity index is 597. The molecule has 0 aliphatic heterocycles. The van der Waals surface area contributed by atoms with Crippen LogP contribution in [0.3, 0.4) is 0 Å². The van der Waals surface area contributed by atoms with Gasteiger partial charge in [0, 0.05) is 20.1 Å². The molecule has 0 fully saturated rings. The van der Waals surface area contributed by atoms with E-state index in [9.17, 15) is 0 Å². The molecule has 1 aromatic heterocycles. The molecular formula is C19H29IN4S. The van der Waals surface area contributed by atoms with Gasteiger partial charge in [0.15, 0.2) is 5.96 Å². The van der Waals surface area contributed by atoms with Crippen LogP contribution in [0.2, 0.25) is 0 Å². The Hall–Kier alpha value is -1.12. The predicted molar refractivity (Wildman–Crippen MR) is 120 cm³/mol. The second-order valence-electron chi connectivity index (χ2n) is 5.59. The van der Waals surface area contributed by atoms with Gasteiger partial charge in [0.1, 0.15) is 0 Å². The molecule has 0 saturated heterocycles. The number of hydrogen-bond donors (Lipinski definition) is 2. The molecule has 0 spiro atoms. The van der Waals surface area contributed by atoms with E-state index in [1.54, 1.807) is 11.3 Å². The van der Waals surface area contributed by atoms with Crippen molar-refractivity contribution in [2.75, 3.05) is 26.7 Å². The highest BCUT2D eigenvalue weighted by molar-refractivity contribution is 14.0. The fraction of sp³-hybridized carbons (Fsp3) is 0.421. The summed E-state index contributed by atoms with van der Waals surface area (Å²) in [6.45, 7) is 8.10. The fourth-order valence-electron chi connectivity index (χ4n) is 2.79. The number of rotatable bonds is 8. The molecule has 2 aromatic rings. The summed E-state index contributed by atoms with van der Waals surface area (Å²) in [6.07, 6.45) is 0. The van der Waals surface area contributed by atoms with Crippen LogP contribution in [0.1, 0.15) is 31.0 Å². The number of nitrogens with zero attached hydrogens (tertiary/aromatic N) is 2. The van der Waals surface area contributed by atoms with Crippen LogP contribution in [-0.4, -0.2) is 37.5 Å². The lowest BCUT2D eigenvalue weighted by Crippen LogP contribution is -2.43. The Labute approximate surface area is 172 Å². The van der Waals surface area contributed by atoms with E-state index in [1.165, 1.54) is 11.1 Å². The van der Waals surface area contributed by atoms with Gasteiger partial charge in [-0.05, 0) is 41.0 Å². The second-order valence-corrected chi connectivity index (χ2v) is 6.37. The first-order valence-corrected chi connectivity index (χ1v) is 9.47. The number of aliphatic imine (C=N–C) groups is 1. The normalized spacial score (nSPS) is 12.6. The Morgan fingerprint density at radius 1 is 1.12 bits per heavy atom. The van der Waals surface area contributed by atoms with Gasteiger partial charge in [-0.25, -0.2) is 0 Å². The molecule has 0 aliphatic carbocycles. The maximum absolute atomic E-state index is 4.34. The van der Waals surface area contributed by atoms with Crippen LogP contribution in [-0.2, 0) is 6.54 Å². The van der Waals surface area contributed by atoms with E-state index in [1.807, 2.05) is 7.05 Å². The van der Waals surface area contributed by atoms with Crippen molar-refractivity contribution in [2.45, 2.75) is 26.4 Å². The molecule has 4 nitrogen and oxygen atoms in total. The lowest BCUT2D eigenvalue weighted by atomic mass is 10.1. The minimum Gasteiger partial charge on any atom is -0.354 e. The lowest BCUT2D eigenvalue weighted by molar-refractivity contribution is 0.219. The van der Waals surface area contributed by atoms with Crippen molar-refractivity contribution in [3.8, 4) is 0 Å². The van der Waals surface area contributed by atoms with Gasteiger partial charge in [-0.2, -0.15) is 11.3 Å². The zero-order valence-electron chi connectivity index (χ0n) is 15.2. The molecule has 0 saturated carbocycles. The van der Waals surface area contributed by atoms with Crippen LogP contribution in [0, 0.1) is 0 Å². The number of guanidine groups is 1. The highest BCUT2D eigenvalue weighted by Gasteiger charge is 2.18. The molecule has 1 atom stereocenters. The highest BCUT2D eigenvalue weighted by atomic mass is 127. The summed E-state index contributed by atoms with van der Waals surface area (Å²) in [4.78, 5) is 6.81. The average molecular weight is 472 g/mol. The van der Waals surface area contributed by atoms with Crippen molar-refractivity contribution in [1.82, 2.24) is 15.5 Å². The molecule has 1 heterocycles. The van der Waals surface area contributed by atoms with Crippen LogP contribution in [0.15, 0.2) is 52.2 Å². The van der Waals surface area contributed by atoms with Gasteiger partial charge in [0.05, 0.1) is 6.04 Å². The second kappa shape index (κ2) is 12.3. The van der Waals surface area contributed by atoms with Gasteiger partial charge in [-0.3, -0.25) is 9.89 Å². The summed E-state index contributed by atoms with van der Waals surface area (Å²) in [7, 11) is 1.82. The number of benzene rings is 1. The molecule has 0 bridgehead atoms. The van der Waals surface area contributed by atoms with Crippen LogP contribution in [0.4, 0.5) is 0 Å². The van der Waals surface area contributed by atoms with Crippen LogP contribution in [0.5, 0.6) is 0 Å². The molecule has 0 aliphatic rings. The summed E-state index contributed by atoms with van der Waals surface area (Å²) < 4.78 is 0. The zero-order chi connectivity index (χ0) is 17.2. The van der Waals surface area contributed by atoms with Crippen molar-refractivity contribution in [1.29, 1.82) is 0 Å². The molecule has 0 amide bonds. The van der Waals surface area contributed by atoms with E-state index in [0.717, 1.165) is 32.1 Å². The monoisotopic (exact) mass is 472 g/mol. The molecule has 2 rings (SSSR count). The molecule has 25 heavy (non-hydrogen) atoms. The molecule has 0 radical (unpaired) electrons. The molecular weight excluding hydrogens is 443 g/mol. The standard InChI is InChI=1S/C19H28N4S.HI/c1-4-23(5-2)18(17-9-7-6-8-10-17)14-22-19(20-3)21-13-16-11-12-24-15-16;/h6-12,15,18H,4-5,13-14H2,1-3H3,(H2,20,21,22);1H.